The molecule has 192 valence electrons. The van der Waals surface area contributed by atoms with Gasteiger partial charge in [-0.2, -0.15) is 0 Å². The van der Waals surface area contributed by atoms with E-state index in [0.29, 0.717) is 24.7 Å². The number of benzene rings is 4. The Morgan fingerprint density at radius 3 is 1.08 bits per heavy atom. The monoisotopic (exact) mass is 538 g/mol. The van der Waals surface area contributed by atoms with Gasteiger partial charge in [0.05, 0.1) is 22.5 Å². The SMILES string of the molecule is CC[OH2+].CC[OH2+].[OH2+]c1ccccc1C=Nc1ccccc1.[OH2+]c1ccccc1C=Nc1ccccc1.[Ti]. The molecule has 0 atom stereocenters. The third kappa shape index (κ3) is 15.2. The summed E-state index contributed by atoms with van der Waals surface area (Å²) < 4.78 is 0. The first-order valence-electron chi connectivity index (χ1n) is 11.6. The van der Waals surface area contributed by atoms with Crippen molar-refractivity contribution < 1.29 is 42.1 Å². The van der Waals surface area contributed by atoms with Gasteiger partial charge in [0.2, 0.25) is 0 Å². The molecule has 7 heteroatoms. The summed E-state index contributed by atoms with van der Waals surface area (Å²) in [6.45, 7) is 4.58. The molecular formula is C30H38N2O4Ti+4. The molecule has 8 N–H and O–H groups in total. The van der Waals surface area contributed by atoms with E-state index in [1.165, 1.54) is 0 Å². The minimum atomic E-state index is 0. The molecule has 0 aliphatic carbocycles. The van der Waals surface area contributed by atoms with Crippen LogP contribution in [0.4, 0.5) is 11.4 Å². The molecule has 0 radical (unpaired) electrons. The molecule has 0 amide bonds. The molecule has 0 heterocycles. The van der Waals surface area contributed by atoms with Crippen LogP contribution in [0.3, 0.4) is 0 Å². The van der Waals surface area contributed by atoms with Gasteiger partial charge in [-0.05, 0) is 36.4 Å². The minimum Gasteiger partial charge on any atom is -0.593 e. The second-order valence-electron chi connectivity index (χ2n) is 7.07. The summed E-state index contributed by atoms with van der Waals surface area (Å²) in [5, 5.41) is 27.7. The summed E-state index contributed by atoms with van der Waals surface area (Å²) in [6, 6.07) is 34.2. The summed E-state index contributed by atoms with van der Waals surface area (Å²) in [7, 11) is 0. The van der Waals surface area contributed by atoms with Crippen molar-refractivity contribution >= 4 is 23.8 Å². The Morgan fingerprint density at radius 2 is 0.784 bits per heavy atom. The van der Waals surface area contributed by atoms with Gasteiger partial charge in [-0.15, -0.1) is 0 Å². The third-order valence-corrected chi connectivity index (χ3v) is 4.14. The second-order valence-corrected chi connectivity index (χ2v) is 7.07. The van der Waals surface area contributed by atoms with E-state index in [1.54, 1.807) is 38.4 Å². The number of hydrogen-bond acceptors (Lipinski definition) is 2. The molecule has 4 rings (SSSR count). The smallest absolute Gasteiger partial charge is 0.262 e. The number of nitrogens with zero attached hydrogens (tertiary/aromatic N) is 2. The van der Waals surface area contributed by atoms with Gasteiger partial charge in [0.25, 0.3) is 11.5 Å². The van der Waals surface area contributed by atoms with E-state index < -0.39 is 0 Å². The maximum absolute atomic E-state index is 7.65. The molecule has 6 nitrogen and oxygen atoms in total. The zero-order valence-corrected chi connectivity index (χ0v) is 22.9. The molecule has 4 aromatic rings. The van der Waals surface area contributed by atoms with Crippen LogP contribution in [0.15, 0.2) is 119 Å². The van der Waals surface area contributed by atoms with Crippen molar-refractivity contribution in [3.8, 4) is 11.5 Å². The molecule has 0 fully saturated rings. The van der Waals surface area contributed by atoms with Crippen molar-refractivity contribution in [1.29, 1.82) is 0 Å². The molecule has 0 saturated carbocycles. The van der Waals surface area contributed by atoms with Gasteiger partial charge in [0.15, 0.2) is 0 Å². The van der Waals surface area contributed by atoms with E-state index in [1.807, 2.05) is 97.1 Å². The van der Waals surface area contributed by atoms with Crippen LogP contribution < -0.4 is 0 Å². The normalized spacial score (nSPS) is 9.62. The molecule has 37 heavy (non-hydrogen) atoms. The Hall–Kier alpha value is -3.55. The van der Waals surface area contributed by atoms with Crippen molar-refractivity contribution in [3.63, 3.8) is 0 Å². The van der Waals surface area contributed by atoms with E-state index in [0.717, 1.165) is 22.5 Å². The van der Waals surface area contributed by atoms with E-state index >= 15 is 0 Å². The Bertz CT molecular complexity index is 1060. The van der Waals surface area contributed by atoms with Crippen LogP contribution in [-0.4, -0.2) is 46.1 Å². The van der Waals surface area contributed by atoms with Gasteiger partial charge >= 0.3 is 0 Å². The van der Waals surface area contributed by atoms with Crippen LogP contribution >= 0.6 is 0 Å². The molecule has 0 spiro atoms. The van der Waals surface area contributed by atoms with Crippen molar-refractivity contribution in [2.45, 2.75) is 13.8 Å². The maximum Gasteiger partial charge on any atom is 0.262 e. The molecule has 4 aromatic carbocycles. The first kappa shape index (κ1) is 33.5. The molecule has 0 bridgehead atoms. The zero-order chi connectivity index (χ0) is 26.4. The molecular weight excluding hydrogens is 500 g/mol. The van der Waals surface area contributed by atoms with E-state index in [4.69, 9.17) is 20.4 Å². The second kappa shape index (κ2) is 21.7. The fourth-order valence-corrected chi connectivity index (χ4v) is 2.54. The first-order valence-corrected chi connectivity index (χ1v) is 11.6. The predicted molar refractivity (Wildman–Crippen MR) is 155 cm³/mol. The van der Waals surface area contributed by atoms with Crippen LogP contribution in [-0.2, 0) is 21.7 Å². The Labute approximate surface area is 234 Å². The van der Waals surface area contributed by atoms with Crippen LogP contribution in [0.1, 0.15) is 25.0 Å². The topological polar surface area (TPSA) is 116 Å². The van der Waals surface area contributed by atoms with Gasteiger partial charge < -0.3 is 20.4 Å². The van der Waals surface area contributed by atoms with Crippen LogP contribution in [0.2, 0.25) is 0 Å². The number of aliphatic imine (C=N–C) groups is 2. The first-order chi connectivity index (χ1) is 17.5. The molecule has 0 aromatic heterocycles. The van der Waals surface area contributed by atoms with Gasteiger partial charge in [0.1, 0.15) is 13.2 Å². The average Bonchev–Trinajstić information content (AvgIpc) is 2.90. The Kier molecular flexibility index (Phi) is 19.6. The third-order valence-electron chi connectivity index (χ3n) is 4.14. The summed E-state index contributed by atoms with van der Waals surface area (Å²) in [4.78, 5) is 8.58. The van der Waals surface area contributed by atoms with Crippen molar-refractivity contribution in [2.75, 3.05) is 13.2 Å². The Balaban J connectivity index is 0.000000566. The summed E-state index contributed by atoms with van der Waals surface area (Å²) in [5.41, 5.74) is 3.48. The maximum atomic E-state index is 7.65. The van der Waals surface area contributed by atoms with E-state index in [2.05, 4.69) is 9.98 Å². The van der Waals surface area contributed by atoms with Crippen molar-refractivity contribution in [2.24, 2.45) is 9.98 Å². The van der Waals surface area contributed by atoms with Crippen LogP contribution in [0, 0.1) is 0 Å². The molecule has 0 unspecified atom stereocenters. The summed E-state index contributed by atoms with van der Waals surface area (Å²) in [6.07, 6.45) is 3.44. The van der Waals surface area contributed by atoms with Crippen LogP contribution in [0.5, 0.6) is 11.5 Å². The fraction of sp³-hybridized carbons (Fsp3) is 0.133. The van der Waals surface area contributed by atoms with Gasteiger partial charge in [-0.25, -0.2) is 0 Å². The summed E-state index contributed by atoms with van der Waals surface area (Å²) in [5.74, 6) is 0.995. The minimum absolute atomic E-state index is 0. The van der Waals surface area contributed by atoms with E-state index in [-0.39, 0.29) is 21.7 Å². The predicted octanol–water partition coefficient (Wildman–Crippen LogP) is 5.21. The van der Waals surface area contributed by atoms with Crippen molar-refractivity contribution in [1.82, 2.24) is 0 Å². The number of rotatable bonds is 4. The molecule has 0 aliphatic heterocycles. The fourth-order valence-electron chi connectivity index (χ4n) is 2.54. The number of para-hydroxylation sites is 4. The quantitative estimate of drug-likeness (QED) is 0.193. The van der Waals surface area contributed by atoms with E-state index in [9.17, 15) is 0 Å². The largest absolute Gasteiger partial charge is 0.593 e. The van der Waals surface area contributed by atoms with Gasteiger partial charge in [-0.3, -0.25) is 9.98 Å². The van der Waals surface area contributed by atoms with Crippen LogP contribution in [0.25, 0.3) is 0 Å². The molecule has 0 saturated heterocycles. The summed E-state index contributed by atoms with van der Waals surface area (Å²) >= 11 is 0. The zero-order valence-electron chi connectivity index (χ0n) is 21.4. The number of hydrogen-bond donors (Lipinski definition) is 0. The molecule has 0 aliphatic rings. The Morgan fingerprint density at radius 1 is 0.514 bits per heavy atom. The van der Waals surface area contributed by atoms with Crippen molar-refractivity contribution in [3.05, 3.63) is 120 Å². The standard InChI is InChI=1S/2C13H11NO.2C2H6O.Ti/c2*15-13-9-5-4-6-11(13)10-14-12-7-2-1-3-8-12;2*1-2-3;/h2*1-10,15H;2*3H,2H2,1H3;/p+4. The van der Waals surface area contributed by atoms with Gasteiger partial charge in [0, 0.05) is 60.1 Å². The van der Waals surface area contributed by atoms with Gasteiger partial charge in [-0.1, -0.05) is 60.7 Å². The average molecular weight is 539 g/mol.